The summed E-state index contributed by atoms with van der Waals surface area (Å²) in [7, 11) is 0. The highest BCUT2D eigenvalue weighted by molar-refractivity contribution is 5.48. The van der Waals surface area contributed by atoms with Crippen LogP contribution in [-0.2, 0) is 4.74 Å². The molecule has 3 aliphatic heterocycles. The zero-order valence-corrected chi connectivity index (χ0v) is 19.9. The Morgan fingerprint density at radius 2 is 1.69 bits per heavy atom. The number of ether oxygens (including phenoxy) is 2. The third-order valence-electron chi connectivity index (χ3n) is 8.10. The Kier molecular flexibility index (Phi) is 7.50. The second-order valence-corrected chi connectivity index (χ2v) is 10.7. The van der Waals surface area contributed by atoms with E-state index >= 15 is 0 Å². The fourth-order valence-electron chi connectivity index (χ4n) is 5.75. The topological polar surface area (TPSA) is 49.9 Å². The molecule has 6 heteroatoms. The molecule has 1 N–H and O–H groups in total. The van der Waals surface area contributed by atoms with Gasteiger partial charge in [-0.1, -0.05) is 6.92 Å². The minimum Gasteiger partial charge on any atom is -0.474 e. The number of hydrogen-bond acceptors (Lipinski definition) is 6. The number of rotatable bonds is 7. The first-order chi connectivity index (χ1) is 15.7. The average molecular weight is 443 g/mol. The van der Waals surface area contributed by atoms with Crippen molar-refractivity contribution < 1.29 is 9.47 Å². The van der Waals surface area contributed by atoms with Gasteiger partial charge in [0.15, 0.2) is 0 Å². The molecular formula is C26H42N4O2. The van der Waals surface area contributed by atoms with Crippen LogP contribution in [0.2, 0.25) is 0 Å². The van der Waals surface area contributed by atoms with Crippen LogP contribution in [0.25, 0.3) is 0 Å². The summed E-state index contributed by atoms with van der Waals surface area (Å²) in [5.74, 6) is 2.51. The van der Waals surface area contributed by atoms with Crippen LogP contribution in [0, 0.1) is 11.8 Å². The molecule has 1 aromatic heterocycles. The van der Waals surface area contributed by atoms with Crippen molar-refractivity contribution >= 4 is 5.69 Å². The van der Waals surface area contributed by atoms with E-state index in [2.05, 4.69) is 39.2 Å². The lowest BCUT2D eigenvalue weighted by atomic mass is 9.91. The molecule has 0 atom stereocenters. The number of hydrogen-bond donors (Lipinski definition) is 1. The van der Waals surface area contributed by atoms with Crippen molar-refractivity contribution in [2.75, 3.05) is 50.7 Å². The lowest BCUT2D eigenvalue weighted by Gasteiger charge is -2.40. The minimum atomic E-state index is 0.254. The fraction of sp³-hybridized carbons (Fsp3) is 0.808. The second-order valence-electron chi connectivity index (χ2n) is 10.7. The first-order valence-corrected chi connectivity index (χ1v) is 13.2. The number of anilines is 1. The molecule has 32 heavy (non-hydrogen) atoms. The van der Waals surface area contributed by atoms with Gasteiger partial charge in [0.1, 0.15) is 6.10 Å². The molecule has 1 saturated carbocycles. The van der Waals surface area contributed by atoms with Gasteiger partial charge in [-0.3, -0.25) is 0 Å². The van der Waals surface area contributed by atoms with Gasteiger partial charge in [0.05, 0.1) is 12.2 Å². The number of aromatic nitrogens is 1. The molecule has 6 nitrogen and oxygen atoms in total. The Morgan fingerprint density at radius 3 is 2.44 bits per heavy atom. The Hall–Kier alpha value is -1.37. The lowest BCUT2D eigenvalue weighted by Crippen LogP contribution is -2.46. The first-order valence-electron chi connectivity index (χ1n) is 13.2. The summed E-state index contributed by atoms with van der Waals surface area (Å²) in [6.07, 6.45) is 12.6. The summed E-state index contributed by atoms with van der Waals surface area (Å²) >= 11 is 0. The quantitative estimate of drug-likeness (QED) is 0.695. The van der Waals surface area contributed by atoms with Crippen LogP contribution in [0.3, 0.4) is 0 Å². The number of likely N-dealkylation sites (tertiary alicyclic amines) is 1. The Labute approximate surface area is 194 Å². The number of piperidine rings is 3. The third kappa shape index (κ3) is 5.95. The average Bonchev–Trinajstić information content (AvgIpc) is 2.80. The summed E-state index contributed by atoms with van der Waals surface area (Å²) in [4.78, 5) is 9.61. The van der Waals surface area contributed by atoms with Gasteiger partial charge in [-0.15, -0.1) is 0 Å². The summed E-state index contributed by atoms with van der Waals surface area (Å²) in [5, 5.41) is 3.48. The van der Waals surface area contributed by atoms with E-state index in [0.717, 1.165) is 43.6 Å². The van der Waals surface area contributed by atoms with Crippen molar-refractivity contribution in [1.82, 2.24) is 15.2 Å². The lowest BCUT2D eigenvalue weighted by molar-refractivity contribution is -0.111. The first kappa shape index (κ1) is 22.4. The van der Waals surface area contributed by atoms with E-state index in [-0.39, 0.29) is 6.10 Å². The largest absolute Gasteiger partial charge is 0.474 e. The van der Waals surface area contributed by atoms with Crippen molar-refractivity contribution in [2.24, 2.45) is 11.8 Å². The Morgan fingerprint density at radius 1 is 0.938 bits per heavy atom. The van der Waals surface area contributed by atoms with Crippen molar-refractivity contribution in [3.63, 3.8) is 0 Å². The number of nitrogens with one attached hydrogen (secondary N) is 1. The van der Waals surface area contributed by atoms with Crippen LogP contribution in [0.15, 0.2) is 18.3 Å². The van der Waals surface area contributed by atoms with Gasteiger partial charge in [-0.25, -0.2) is 4.98 Å². The molecule has 178 valence electrons. The van der Waals surface area contributed by atoms with E-state index in [1.807, 2.05) is 6.20 Å². The molecule has 0 radical (unpaired) electrons. The second kappa shape index (κ2) is 10.7. The van der Waals surface area contributed by atoms with E-state index in [0.29, 0.717) is 12.2 Å². The molecule has 1 aromatic rings. The highest BCUT2D eigenvalue weighted by Gasteiger charge is 2.35. The van der Waals surface area contributed by atoms with Crippen LogP contribution >= 0.6 is 0 Å². The molecule has 0 spiro atoms. The Bertz CT molecular complexity index is 704. The molecule has 0 bridgehead atoms. The molecular weight excluding hydrogens is 400 g/mol. The van der Waals surface area contributed by atoms with E-state index < -0.39 is 0 Å². The molecule has 0 amide bonds. The van der Waals surface area contributed by atoms with Gasteiger partial charge in [0, 0.05) is 63.5 Å². The monoisotopic (exact) mass is 442 g/mol. The maximum Gasteiger partial charge on any atom is 0.215 e. The predicted octanol–water partition coefficient (Wildman–Crippen LogP) is 3.71. The van der Waals surface area contributed by atoms with Gasteiger partial charge in [-0.05, 0) is 69.5 Å². The van der Waals surface area contributed by atoms with E-state index in [1.54, 1.807) is 0 Å². The highest BCUT2D eigenvalue weighted by atomic mass is 16.5. The predicted molar refractivity (Wildman–Crippen MR) is 128 cm³/mol. The maximum absolute atomic E-state index is 6.42. The summed E-state index contributed by atoms with van der Waals surface area (Å²) in [6, 6.07) is 4.25. The highest BCUT2D eigenvalue weighted by Crippen LogP contribution is 2.32. The minimum absolute atomic E-state index is 0.254. The van der Waals surface area contributed by atoms with Crippen molar-refractivity contribution in [3.8, 4) is 5.88 Å². The molecule has 4 heterocycles. The molecule has 0 aromatic carbocycles. The van der Waals surface area contributed by atoms with Crippen LogP contribution in [0.5, 0.6) is 5.88 Å². The van der Waals surface area contributed by atoms with Crippen molar-refractivity contribution in [3.05, 3.63) is 18.3 Å². The molecule has 4 fully saturated rings. The maximum atomic E-state index is 6.42. The van der Waals surface area contributed by atoms with E-state index in [9.17, 15) is 0 Å². The van der Waals surface area contributed by atoms with Gasteiger partial charge < -0.3 is 24.6 Å². The number of pyridine rings is 1. The summed E-state index contributed by atoms with van der Waals surface area (Å²) in [5.41, 5.74) is 1.25. The standard InChI is InChI=1S/C26H42N4O2/c1-20-5-14-30(15-6-20)22-4-11-28-26(16-22)32-25-17-24(18-25)31-23-7-12-29(13-8-23)19-21-2-9-27-10-3-21/h4,11,16,20-21,23-25,27H,2-3,5-10,12-15,17-19H2,1H3/t24-,25-. The Balaban J connectivity index is 0.998. The van der Waals surface area contributed by atoms with Gasteiger partial charge in [-0.2, -0.15) is 0 Å². The third-order valence-corrected chi connectivity index (χ3v) is 8.10. The molecule has 3 saturated heterocycles. The van der Waals surface area contributed by atoms with E-state index in [1.165, 1.54) is 76.9 Å². The van der Waals surface area contributed by atoms with Gasteiger partial charge in [0.2, 0.25) is 5.88 Å². The number of nitrogens with zero attached hydrogens (tertiary/aromatic N) is 3. The van der Waals surface area contributed by atoms with Gasteiger partial charge >= 0.3 is 0 Å². The van der Waals surface area contributed by atoms with Crippen molar-refractivity contribution in [2.45, 2.75) is 76.6 Å². The van der Waals surface area contributed by atoms with Gasteiger partial charge in [0.25, 0.3) is 0 Å². The molecule has 1 aliphatic carbocycles. The molecule has 0 unspecified atom stereocenters. The summed E-state index contributed by atoms with van der Waals surface area (Å²) in [6.45, 7) is 10.7. The zero-order valence-electron chi connectivity index (χ0n) is 19.9. The van der Waals surface area contributed by atoms with Crippen LogP contribution in [-0.4, -0.2) is 74.0 Å². The SMILES string of the molecule is CC1CCN(c2ccnc(O[C@H]3C[C@H](OC4CCN(CC5CCNCC5)CC4)C3)c2)CC1. The summed E-state index contributed by atoms with van der Waals surface area (Å²) < 4.78 is 12.6. The van der Waals surface area contributed by atoms with Crippen LogP contribution < -0.4 is 15.0 Å². The molecule has 4 aliphatic rings. The fourth-order valence-corrected chi connectivity index (χ4v) is 5.75. The normalized spacial score (nSPS) is 29.1. The van der Waals surface area contributed by atoms with Crippen LogP contribution in [0.1, 0.15) is 58.3 Å². The van der Waals surface area contributed by atoms with E-state index in [4.69, 9.17) is 9.47 Å². The van der Waals surface area contributed by atoms with Crippen molar-refractivity contribution in [1.29, 1.82) is 0 Å². The van der Waals surface area contributed by atoms with Crippen LogP contribution in [0.4, 0.5) is 5.69 Å². The zero-order chi connectivity index (χ0) is 21.8. The smallest absolute Gasteiger partial charge is 0.215 e. The molecule has 5 rings (SSSR count).